The van der Waals surface area contributed by atoms with E-state index >= 15 is 0 Å². The summed E-state index contributed by atoms with van der Waals surface area (Å²) in [5.74, 6) is -1.02. The number of piperazine rings is 1. The predicted molar refractivity (Wildman–Crippen MR) is 80.6 cm³/mol. The van der Waals surface area contributed by atoms with E-state index in [0.29, 0.717) is 30.3 Å². The fraction of sp³-hybridized carbons (Fsp3) is 0.429. The molecule has 3 N–H and O–H groups in total. The summed E-state index contributed by atoms with van der Waals surface area (Å²) in [6.07, 6.45) is 0.246. The molecular formula is C14H18ClN3O3. The second kappa shape index (κ2) is 7.40. The number of halogens is 1. The van der Waals surface area contributed by atoms with Crippen molar-refractivity contribution in [1.29, 1.82) is 0 Å². The summed E-state index contributed by atoms with van der Waals surface area (Å²) < 4.78 is 0. The van der Waals surface area contributed by atoms with Crippen molar-refractivity contribution in [1.82, 2.24) is 10.2 Å². The first-order valence-electron chi connectivity index (χ1n) is 6.79. The van der Waals surface area contributed by atoms with E-state index < -0.39 is 12.0 Å². The van der Waals surface area contributed by atoms with Crippen LogP contribution in [0.5, 0.6) is 0 Å². The number of carbonyl (C=O) groups is 2. The molecule has 2 rings (SSSR count). The number of carboxylic acids is 1. The van der Waals surface area contributed by atoms with Crippen molar-refractivity contribution < 1.29 is 14.7 Å². The van der Waals surface area contributed by atoms with Gasteiger partial charge in [0, 0.05) is 43.3 Å². The molecule has 7 heteroatoms. The van der Waals surface area contributed by atoms with Crippen LogP contribution in [0.3, 0.4) is 0 Å². The highest BCUT2D eigenvalue weighted by Gasteiger charge is 2.28. The third-order valence-corrected chi connectivity index (χ3v) is 3.61. The molecule has 1 heterocycles. The Morgan fingerprint density at radius 3 is 3.00 bits per heavy atom. The number of anilines is 1. The maximum absolute atomic E-state index is 11.9. The van der Waals surface area contributed by atoms with Crippen molar-refractivity contribution in [2.45, 2.75) is 12.5 Å². The Labute approximate surface area is 128 Å². The Hall–Kier alpha value is -1.63. The number of benzene rings is 1. The summed E-state index contributed by atoms with van der Waals surface area (Å²) in [6.45, 7) is 2.19. The standard InChI is InChI=1S/C14H18ClN3O3/c15-10-2-1-3-11(8-10)17-13(19)4-6-18-7-5-16-9-12(18)14(20)21/h1-3,8,12,16H,4-7,9H2,(H,17,19)(H,20,21). The van der Waals surface area contributed by atoms with Gasteiger partial charge < -0.3 is 15.7 Å². The molecule has 1 fully saturated rings. The summed E-state index contributed by atoms with van der Waals surface area (Å²) in [4.78, 5) is 24.9. The van der Waals surface area contributed by atoms with Gasteiger partial charge in [-0.3, -0.25) is 14.5 Å². The van der Waals surface area contributed by atoms with E-state index in [0.717, 1.165) is 6.54 Å². The Morgan fingerprint density at radius 1 is 1.48 bits per heavy atom. The van der Waals surface area contributed by atoms with Gasteiger partial charge in [-0.1, -0.05) is 17.7 Å². The van der Waals surface area contributed by atoms with E-state index in [-0.39, 0.29) is 12.3 Å². The monoisotopic (exact) mass is 311 g/mol. The molecule has 6 nitrogen and oxygen atoms in total. The van der Waals surface area contributed by atoms with E-state index in [4.69, 9.17) is 16.7 Å². The first kappa shape index (κ1) is 15.8. The summed E-state index contributed by atoms with van der Waals surface area (Å²) in [6, 6.07) is 6.35. The number of hydrogen-bond donors (Lipinski definition) is 3. The lowest BCUT2D eigenvalue weighted by atomic mass is 10.2. The minimum Gasteiger partial charge on any atom is -0.480 e. The largest absolute Gasteiger partial charge is 0.480 e. The molecule has 1 aromatic carbocycles. The molecule has 1 aliphatic rings. The van der Waals surface area contributed by atoms with E-state index in [1.165, 1.54) is 0 Å². The quantitative estimate of drug-likeness (QED) is 0.756. The molecule has 1 saturated heterocycles. The van der Waals surface area contributed by atoms with Crippen molar-refractivity contribution in [3.8, 4) is 0 Å². The van der Waals surface area contributed by atoms with Crippen LogP contribution in [-0.4, -0.2) is 54.1 Å². The van der Waals surface area contributed by atoms with Crippen LogP contribution in [0.25, 0.3) is 0 Å². The topological polar surface area (TPSA) is 81.7 Å². The molecule has 0 saturated carbocycles. The van der Waals surface area contributed by atoms with Gasteiger partial charge in [0.1, 0.15) is 6.04 Å². The lowest BCUT2D eigenvalue weighted by Gasteiger charge is -2.33. The molecule has 21 heavy (non-hydrogen) atoms. The van der Waals surface area contributed by atoms with Gasteiger partial charge in [0.15, 0.2) is 0 Å². The molecule has 0 bridgehead atoms. The molecular weight excluding hydrogens is 294 g/mol. The van der Waals surface area contributed by atoms with Gasteiger partial charge in [-0.2, -0.15) is 0 Å². The van der Waals surface area contributed by atoms with E-state index in [2.05, 4.69) is 10.6 Å². The van der Waals surface area contributed by atoms with Gasteiger partial charge in [-0.05, 0) is 18.2 Å². The van der Waals surface area contributed by atoms with Crippen molar-refractivity contribution in [3.05, 3.63) is 29.3 Å². The number of amides is 1. The molecule has 0 aromatic heterocycles. The van der Waals surface area contributed by atoms with Crippen LogP contribution in [0.15, 0.2) is 24.3 Å². The van der Waals surface area contributed by atoms with E-state index in [1.54, 1.807) is 24.3 Å². The van der Waals surface area contributed by atoms with Gasteiger partial charge >= 0.3 is 5.97 Å². The van der Waals surface area contributed by atoms with Crippen molar-refractivity contribution in [3.63, 3.8) is 0 Å². The molecule has 1 aliphatic heterocycles. The number of carbonyl (C=O) groups excluding carboxylic acids is 1. The SMILES string of the molecule is O=C(CCN1CCNCC1C(=O)O)Nc1cccc(Cl)c1. The Balaban J connectivity index is 1.84. The highest BCUT2D eigenvalue weighted by molar-refractivity contribution is 6.30. The Kier molecular flexibility index (Phi) is 5.55. The van der Waals surface area contributed by atoms with Gasteiger partial charge in [-0.25, -0.2) is 0 Å². The van der Waals surface area contributed by atoms with Crippen molar-refractivity contribution in [2.75, 3.05) is 31.5 Å². The van der Waals surface area contributed by atoms with Gasteiger partial charge in [0.2, 0.25) is 5.91 Å². The average molecular weight is 312 g/mol. The minimum absolute atomic E-state index is 0.153. The normalized spacial score (nSPS) is 19.2. The van der Waals surface area contributed by atoms with Gasteiger partial charge in [-0.15, -0.1) is 0 Å². The van der Waals surface area contributed by atoms with Crippen molar-refractivity contribution >= 4 is 29.2 Å². The molecule has 1 atom stereocenters. The fourth-order valence-corrected chi connectivity index (χ4v) is 2.48. The van der Waals surface area contributed by atoms with Crippen LogP contribution in [0.1, 0.15) is 6.42 Å². The van der Waals surface area contributed by atoms with Crippen LogP contribution in [0.4, 0.5) is 5.69 Å². The first-order valence-corrected chi connectivity index (χ1v) is 7.17. The van der Waals surface area contributed by atoms with Crippen molar-refractivity contribution in [2.24, 2.45) is 0 Å². The molecule has 0 aliphatic carbocycles. The lowest BCUT2D eigenvalue weighted by molar-refractivity contribution is -0.144. The average Bonchev–Trinajstić information content (AvgIpc) is 2.45. The minimum atomic E-state index is -0.863. The predicted octanol–water partition coefficient (Wildman–Crippen LogP) is 1.03. The van der Waals surface area contributed by atoms with Crippen LogP contribution >= 0.6 is 11.6 Å². The molecule has 1 unspecified atom stereocenters. The van der Waals surface area contributed by atoms with Crippen LogP contribution in [-0.2, 0) is 9.59 Å². The number of hydrogen-bond acceptors (Lipinski definition) is 4. The molecule has 0 spiro atoms. The molecule has 0 radical (unpaired) electrons. The second-order valence-electron chi connectivity index (χ2n) is 4.90. The number of nitrogens with one attached hydrogen (secondary N) is 2. The first-order chi connectivity index (χ1) is 10.1. The zero-order valence-electron chi connectivity index (χ0n) is 11.5. The summed E-state index contributed by atoms with van der Waals surface area (Å²) in [5, 5.41) is 15.5. The number of aliphatic carboxylic acids is 1. The summed E-state index contributed by atoms with van der Waals surface area (Å²) in [5.41, 5.74) is 0.641. The van der Waals surface area contributed by atoms with Crippen LogP contribution < -0.4 is 10.6 Å². The smallest absolute Gasteiger partial charge is 0.322 e. The second-order valence-corrected chi connectivity index (χ2v) is 5.34. The summed E-state index contributed by atoms with van der Waals surface area (Å²) in [7, 11) is 0. The maximum Gasteiger partial charge on any atom is 0.322 e. The number of carboxylic acid groups (broad SMARTS) is 1. The zero-order valence-corrected chi connectivity index (χ0v) is 12.3. The molecule has 114 valence electrons. The lowest BCUT2D eigenvalue weighted by Crippen LogP contribution is -2.55. The number of rotatable bonds is 5. The third kappa shape index (κ3) is 4.70. The van der Waals surface area contributed by atoms with Crippen LogP contribution in [0, 0.1) is 0 Å². The zero-order chi connectivity index (χ0) is 15.2. The Morgan fingerprint density at radius 2 is 2.29 bits per heavy atom. The maximum atomic E-state index is 11.9. The highest BCUT2D eigenvalue weighted by atomic mass is 35.5. The third-order valence-electron chi connectivity index (χ3n) is 3.37. The Bertz CT molecular complexity index is 524. The highest BCUT2D eigenvalue weighted by Crippen LogP contribution is 2.15. The molecule has 1 amide bonds. The van der Waals surface area contributed by atoms with Gasteiger partial charge in [0.05, 0.1) is 0 Å². The molecule has 1 aromatic rings. The summed E-state index contributed by atoms with van der Waals surface area (Å²) >= 11 is 5.85. The van der Waals surface area contributed by atoms with E-state index in [1.807, 2.05) is 4.90 Å². The number of nitrogens with zero attached hydrogens (tertiary/aromatic N) is 1. The van der Waals surface area contributed by atoms with Crippen LogP contribution in [0.2, 0.25) is 5.02 Å². The fourth-order valence-electron chi connectivity index (χ4n) is 2.29. The van der Waals surface area contributed by atoms with E-state index in [9.17, 15) is 9.59 Å². The van der Waals surface area contributed by atoms with Gasteiger partial charge in [0.25, 0.3) is 0 Å².